The molecule has 0 aromatic heterocycles. The molecule has 0 bridgehead atoms. The molecular formula is C15H33N3. The average Bonchev–Trinajstić information content (AvgIpc) is 2.38. The highest BCUT2D eigenvalue weighted by Gasteiger charge is 2.21. The number of likely N-dealkylation sites (tertiary alicyclic amines) is 1. The number of hydrogen-bond acceptors (Lipinski definition) is 3. The molecule has 0 saturated carbocycles. The number of nitrogens with zero attached hydrogens (tertiary/aromatic N) is 2. The maximum absolute atomic E-state index is 3.58. The van der Waals surface area contributed by atoms with Crippen molar-refractivity contribution in [1.29, 1.82) is 0 Å². The fraction of sp³-hybridized carbons (Fsp3) is 1.00. The number of hydrogen-bond donors (Lipinski definition) is 1. The van der Waals surface area contributed by atoms with Crippen LogP contribution in [0.4, 0.5) is 0 Å². The predicted molar refractivity (Wildman–Crippen MR) is 80.1 cm³/mol. The summed E-state index contributed by atoms with van der Waals surface area (Å²) in [6.45, 7) is 17.5. The summed E-state index contributed by atoms with van der Waals surface area (Å²) in [6, 6.07) is 0.783. The van der Waals surface area contributed by atoms with Gasteiger partial charge < -0.3 is 10.2 Å². The van der Waals surface area contributed by atoms with Crippen molar-refractivity contribution < 1.29 is 0 Å². The van der Waals surface area contributed by atoms with Gasteiger partial charge in [0.2, 0.25) is 0 Å². The quantitative estimate of drug-likeness (QED) is 0.670. The van der Waals surface area contributed by atoms with Gasteiger partial charge in [-0.2, -0.15) is 0 Å². The van der Waals surface area contributed by atoms with E-state index in [2.05, 4.69) is 42.8 Å². The van der Waals surface area contributed by atoms with Gasteiger partial charge in [-0.3, -0.25) is 4.90 Å². The maximum atomic E-state index is 3.58. The molecule has 0 aliphatic carbocycles. The Hall–Kier alpha value is -0.120. The van der Waals surface area contributed by atoms with E-state index in [1.54, 1.807) is 0 Å². The molecule has 2 unspecified atom stereocenters. The van der Waals surface area contributed by atoms with Crippen LogP contribution >= 0.6 is 0 Å². The van der Waals surface area contributed by atoms with Crippen molar-refractivity contribution in [2.24, 2.45) is 5.92 Å². The van der Waals surface area contributed by atoms with E-state index in [1.807, 2.05) is 0 Å². The van der Waals surface area contributed by atoms with Gasteiger partial charge in [0, 0.05) is 38.8 Å². The Morgan fingerprint density at radius 1 is 1.11 bits per heavy atom. The van der Waals surface area contributed by atoms with Crippen molar-refractivity contribution in [3.05, 3.63) is 0 Å². The molecule has 0 aromatic carbocycles. The monoisotopic (exact) mass is 255 g/mol. The standard InChI is InChI=1S/C15H33N3/c1-5-17(6-2)11-9-16-10-12-18-13-14(3)7-8-15(18)4/h14-16H,5-13H2,1-4H3. The van der Waals surface area contributed by atoms with Crippen LogP contribution in [0.3, 0.4) is 0 Å². The van der Waals surface area contributed by atoms with Crippen LogP contribution in [0, 0.1) is 5.92 Å². The predicted octanol–water partition coefficient (Wildman–Crippen LogP) is 2.04. The van der Waals surface area contributed by atoms with Gasteiger partial charge in [0.25, 0.3) is 0 Å². The first-order chi connectivity index (χ1) is 8.67. The van der Waals surface area contributed by atoms with Crippen molar-refractivity contribution in [3.63, 3.8) is 0 Å². The lowest BCUT2D eigenvalue weighted by Crippen LogP contribution is -2.44. The fourth-order valence-electron chi connectivity index (χ4n) is 2.82. The second-order valence-electron chi connectivity index (χ2n) is 5.80. The smallest absolute Gasteiger partial charge is 0.0110 e. The second-order valence-corrected chi connectivity index (χ2v) is 5.80. The highest BCUT2D eigenvalue weighted by molar-refractivity contribution is 4.77. The minimum absolute atomic E-state index is 0.783. The summed E-state index contributed by atoms with van der Waals surface area (Å²) in [4.78, 5) is 5.12. The van der Waals surface area contributed by atoms with Gasteiger partial charge in [-0.15, -0.1) is 0 Å². The zero-order chi connectivity index (χ0) is 13.4. The van der Waals surface area contributed by atoms with Crippen LogP contribution in [-0.4, -0.2) is 61.7 Å². The molecule has 0 spiro atoms. The Kier molecular flexibility index (Phi) is 7.87. The van der Waals surface area contributed by atoms with E-state index in [4.69, 9.17) is 0 Å². The molecule has 1 aliphatic heterocycles. The highest BCUT2D eigenvalue weighted by atomic mass is 15.2. The van der Waals surface area contributed by atoms with E-state index < -0.39 is 0 Å². The van der Waals surface area contributed by atoms with Gasteiger partial charge in [-0.25, -0.2) is 0 Å². The van der Waals surface area contributed by atoms with E-state index in [1.165, 1.54) is 45.6 Å². The Bertz CT molecular complexity index is 204. The first-order valence-corrected chi connectivity index (χ1v) is 7.84. The number of likely N-dealkylation sites (N-methyl/N-ethyl adjacent to an activating group) is 1. The number of nitrogens with one attached hydrogen (secondary N) is 1. The van der Waals surface area contributed by atoms with Crippen LogP contribution < -0.4 is 5.32 Å². The van der Waals surface area contributed by atoms with Crippen molar-refractivity contribution in [2.45, 2.75) is 46.6 Å². The van der Waals surface area contributed by atoms with Crippen LogP contribution in [0.5, 0.6) is 0 Å². The van der Waals surface area contributed by atoms with Gasteiger partial charge >= 0.3 is 0 Å². The lowest BCUT2D eigenvalue weighted by atomic mass is 9.95. The fourth-order valence-corrected chi connectivity index (χ4v) is 2.82. The summed E-state index contributed by atoms with van der Waals surface area (Å²) in [5.74, 6) is 0.886. The second kappa shape index (κ2) is 8.89. The average molecular weight is 255 g/mol. The van der Waals surface area contributed by atoms with Gasteiger partial charge in [0.05, 0.1) is 0 Å². The highest BCUT2D eigenvalue weighted by Crippen LogP contribution is 2.20. The van der Waals surface area contributed by atoms with E-state index in [9.17, 15) is 0 Å². The third kappa shape index (κ3) is 5.68. The molecular weight excluding hydrogens is 222 g/mol. The van der Waals surface area contributed by atoms with Crippen molar-refractivity contribution >= 4 is 0 Å². The Labute approximate surface area is 114 Å². The maximum Gasteiger partial charge on any atom is 0.0110 e. The van der Waals surface area contributed by atoms with Gasteiger partial charge in [-0.1, -0.05) is 20.8 Å². The van der Waals surface area contributed by atoms with Gasteiger partial charge in [0.15, 0.2) is 0 Å². The van der Waals surface area contributed by atoms with Gasteiger partial charge in [0.1, 0.15) is 0 Å². The SMILES string of the molecule is CCN(CC)CCNCCN1CC(C)CCC1C. The minimum Gasteiger partial charge on any atom is -0.314 e. The Morgan fingerprint density at radius 3 is 2.50 bits per heavy atom. The summed E-state index contributed by atoms with van der Waals surface area (Å²) >= 11 is 0. The molecule has 1 heterocycles. The molecule has 2 atom stereocenters. The van der Waals surface area contributed by atoms with Gasteiger partial charge in [-0.05, 0) is 38.8 Å². The zero-order valence-electron chi connectivity index (χ0n) is 12.9. The molecule has 3 nitrogen and oxygen atoms in total. The summed E-state index contributed by atoms with van der Waals surface area (Å²) in [6.07, 6.45) is 2.79. The normalized spacial score (nSPS) is 25.8. The first-order valence-electron chi connectivity index (χ1n) is 7.84. The van der Waals surface area contributed by atoms with Crippen LogP contribution in [0.15, 0.2) is 0 Å². The van der Waals surface area contributed by atoms with E-state index >= 15 is 0 Å². The van der Waals surface area contributed by atoms with Crippen LogP contribution in [0.1, 0.15) is 40.5 Å². The molecule has 18 heavy (non-hydrogen) atoms. The largest absolute Gasteiger partial charge is 0.314 e. The molecule has 0 amide bonds. The molecule has 0 radical (unpaired) electrons. The van der Waals surface area contributed by atoms with Crippen LogP contribution in [0.2, 0.25) is 0 Å². The summed E-state index contributed by atoms with van der Waals surface area (Å²) < 4.78 is 0. The van der Waals surface area contributed by atoms with Crippen molar-refractivity contribution in [2.75, 3.05) is 45.8 Å². The Balaban J connectivity index is 2.06. The molecule has 108 valence electrons. The van der Waals surface area contributed by atoms with E-state index in [0.29, 0.717) is 0 Å². The Morgan fingerprint density at radius 2 is 1.83 bits per heavy atom. The molecule has 1 N–H and O–H groups in total. The van der Waals surface area contributed by atoms with Crippen molar-refractivity contribution in [3.8, 4) is 0 Å². The molecule has 1 saturated heterocycles. The zero-order valence-corrected chi connectivity index (χ0v) is 12.9. The molecule has 1 aliphatic rings. The summed E-state index contributed by atoms with van der Waals surface area (Å²) in [5.41, 5.74) is 0. The number of piperidine rings is 1. The minimum atomic E-state index is 0.783. The van der Waals surface area contributed by atoms with E-state index in [0.717, 1.165) is 25.0 Å². The molecule has 1 fully saturated rings. The van der Waals surface area contributed by atoms with E-state index in [-0.39, 0.29) is 0 Å². The van der Waals surface area contributed by atoms with Crippen LogP contribution in [0.25, 0.3) is 0 Å². The summed E-state index contributed by atoms with van der Waals surface area (Å²) in [7, 11) is 0. The van der Waals surface area contributed by atoms with Crippen LogP contribution in [-0.2, 0) is 0 Å². The lowest BCUT2D eigenvalue weighted by molar-refractivity contribution is 0.125. The topological polar surface area (TPSA) is 18.5 Å². The number of rotatable bonds is 8. The molecule has 1 rings (SSSR count). The molecule has 3 heteroatoms. The molecule has 0 aromatic rings. The third-order valence-electron chi connectivity index (χ3n) is 4.32. The summed E-state index contributed by atoms with van der Waals surface area (Å²) in [5, 5.41) is 3.58. The lowest BCUT2D eigenvalue weighted by Gasteiger charge is -2.36. The third-order valence-corrected chi connectivity index (χ3v) is 4.32. The first kappa shape index (κ1) is 15.9. The van der Waals surface area contributed by atoms with Crippen molar-refractivity contribution in [1.82, 2.24) is 15.1 Å².